The number of carboxylic acids is 1. The molecule has 0 heterocycles. The molecule has 0 aliphatic heterocycles. The highest BCUT2D eigenvalue weighted by atomic mass is 16.5. The molecule has 0 fully saturated rings. The van der Waals surface area contributed by atoms with Crippen LogP contribution in [0.1, 0.15) is 31.9 Å². The number of aliphatic carboxylic acids is 1. The quantitative estimate of drug-likeness (QED) is 0.800. The minimum absolute atomic E-state index is 0.0309. The van der Waals surface area contributed by atoms with Gasteiger partial charge in [0.15, 0.2) is 6.10 Å². The third kappa shape index (κ3) is 4.66. The van der Waals surface area contributed by atoms with Crippen LogP contribution in [0.25, 0.3) is 0 Å². The third-order valence-corrected chi connectivity index (χ3v) is 3.10. The molecule has 1 rings (SSSR count). The Hall–Kier alpha value is -1.88. The van der Waals surface area contributed by atoms with Gasteiger partial charge in [0, 0.05) is 13.2 Å². The van der Waals surface area contributed by atoms with Gasteiger partial charge in [0.1, 0.15) is 0 Å². The molecular weight excluding hydrogens is 258 g/mol. The maximum atomic E-state index is 12.2. The van der Waals surface area contributed by atoms with Crippen LogP contribution in [-0.4, -0.2) is 30.1 Å². The van der Waals surface area contributed by atoms with Gasteiger partial charge in [-0.3, -0.25) is 9.59 Å². The zero-order chi connectivity index (χ0) is 15.1. The van der Waals surface area contributed by atoms with Crippen LogP contribution in [0.15, 0.2) is 30.3 Å². The average Bonchev–Trinajstić information content (AvgIpc) is 2.39. The van der Waals surface area contributed by atoms with Crippen LogP contribution in [0, 0.1) is 5.92 Å². The van der Waals surface area contributed by atoms with Gasteiger partial charge in [-0.25, -0.2) is 0 Å². The largest absolute Gasteiger partial charge is 0.481 e. The molecule has 5 heteroatoms. The van der Waals surface area contributed by atoms with E-state index in [2.05, 4.69) is 5.32 Å². The zero-order valence-corrected chi connectivity index (χ0v) is 12.0. The molecule has 110 valence electrons. The second kappa shape index (κ2) is 7.65. The fourth-order valence-corrected chi connectivity index (χ4v) is 1.92. The molecular formula is C15H21NO4. The second-order valence-corrected chi connectivity index (χ2v) is 4.98. The lowest BCUT2D eigenvalue weighted by Gasteiger charge is -2.23. The first-order valence-electron chi connectivity index (χ1n) is 6.55. The predicted molar refractivity (Wildman–Crippen MR) is 75.2 cm³/mol. The number of methoxy groups -OCH3 is 1. The van der Waals surface area contributed by atoms with Crippen molar-refractivity contribution in [3.05, 3.63) is 35.9 Å². The summed E-state index contributed by atoms with van der Waals surface area (Å²) in [4.78, 5) is 23.1. The molecule has 5 nitrogen and oxygen atoms in total. The second-order valence-electron chi connectivity index (χ2n) is 4.98. The van der Waals surface area contributed by atoms with Gasteiger partial charge in [-0.15, -0.1) is 0 Å². The van der Waals surface area contributed by atoms with Crippen molar-refractivity contribution in [3.63, 3.8) is 0 Å². The molecule has 2 N–H and O–H groups in total. The highest BCUT2D eigenvalue weighted by Crippen LogP contribution is 2.17. The molecule has 0 bridgehead atoms. The van der Waals surface area contributed by atoms with E-state index in [1.54, 1.807) is 12.1 Å². The van der Waals surface area contributed by atoms with Gasteiger partial charge in [0.2, 0.25) is 0 Å². The Balaban J connectivity index is 2.78. The van der Waals surface area contributed by atoms with Crippen molar-refractivity contribution in [1.82, 2.24) is 5.32 Å². The van der Waals surface area contributed by atoms with Gasteiger partial charge < -0.3 is 15.2 Å². The summed E-state index contributed by atoms with van der Waals surface area (Å²) in [6, 6.07) is 8.69. The summed E-state index contributed by atoms with van der Waals surface area (Å²) in [6.45, 7) is 3.75. The van der Waals surface area contributed by atoms with Crippen LogP contribution in [0.4, 0.5) is 0 Å². The first kappa shape index (κ1) is 16.2. The summed E-state index contributed by atoms with van der Waals surface area (Å²) in [7, 11) is 1.46. The van der Waals surface area contributed by atoms with Gasteiger partial charge >= 0.3 is 5.97 Å². The number of carbonyl (C=O) groups excluding carboxylic acids is 1. The minimum atomic E-state index is -0.933. The van der Waals surface area contributed by atoms with Crippen molar-refractivity contribution >= 4 is 11.9 Å². The third-order valence-electron chi connectivity index (χ3n) is 3.10. The number of carboxylic acid groups (broad SMARTS) is 1. The maximum Gasteiger partial charge on any atom is 0.305 e. The number of hydrogen-bond acceptors (Lipinski definition) is 3. The average molecular weight is 279 g/mol. The van der Waals surface area contributed by atoms with E-state index >= 15 is 0 Å². The molecule has 0 aliphatic carbocycles. The van der Waals surface area contributed by atoms with Crippen LogP contribution in [0.2, 0.25) is 0 Å². The van der Waals surface area contributed by atoms with E-state index in [1.807, 2.05) is 32.0 Å². The Morgan fingerprint density at radius 3 is 2.30 bits per heavy atom. The molecule has 0 spiro atoms. The number of carbonyl (C=O) groups is 2. The van der Waals surface area contributed by atoms with E-state index in [0.29, 0.717) is 0 Å². The predicted octanol–water partition coefficient (Wildman–Crippen LogP) is 1.99. The molecule has 0 aromatic heterocycles. The molecule has 0 aliphatic rings. The van der Waals surface area contributed by atoms with Gasteiger partial charge in [0.25, 0.3) is 5.91 Å². The highest BCUT2D eigenvalue weighted by molar-refractivity contribution is 5.83. The standard InChI is InChI=1S/C15H21NO4/c1-10(2)12(9-13(17)18)16-15(19)14(20-3)11-7-5-4-6-8-11/h4-8,10,12,14H,9H2,1-3H3,(H,16,19)(H,17,18). The number of ether oxygens (including phenoxy) is 1. The zero-order valence-electron chi connectivity index (χ0n) is 12.0. The molecule has 20 heavy (non-hydrogen) atoms. The lowest BCUT2D eigenvalue weighted by molar-refractivity contribution is -0.138. The van der Waals surface area contributed by atoms with Crippen molar-refractivity contribution in [2.45, 2.75) is 32.4 Å². The molecule has 0 radical (unpaired) electrons. The number of rotatable bonds is 7. The summed E-state index contributed by atoms with van der Waals surface area (Å²) >= 11 is 0. The first-order valence-corrected chi connectivity index (χ1v) is 6.55. The van der Waals surface area contributed by atoms with Crippen LogP contribution in [-0.2, 0) is 14.3 Å². The van der Waals surface area contributed by atoms with Crippen molar-refractivity contribution in [2.24, 2.45) is 5.92 Å². The van der Waals surface area contributed by atoms with Crippen LogP contribution >= 0.6 is 0 Å². The lowest BCUT2D eigenvalue weighted by atomic mass is 10.00. The van der Waals surface area contributed by atoms with Gasteiger partial charge in [-0.05, 0) is 11.5 Å². The van der Waals surface area contributed by atoms with Crippen molar-refractivity contribution in [1.29, 1.82) is 0 Å². The minimum Gasteiger partial charge on any atom is -0.481 e. The summed E-state index contributed by atoms with van der Waals surface area (Å²) in [6.07, 6.45) is -0.833. The van der Waals surface area contributed by atoms with Crippen molar-refractivity contribution in [2.75, 3.05) is 7.11 Å². The summed E-state index contributed by atoms with van der Waals surface area (Å²) in [5.74, 6) is -1.22. The number of nitrogens with one attached hydrogen (secondary N) is 1. The SMILES string of the molecule is COC(C(=O)NC(CC(=O)O)C(C)C)c1ccccc1. The Morgan fingerprint density at radius 1 is 1.25 bits per heavy atom. The molecule has 0 saturated carbocycles. The Labute approximate surface area is 118 Å². The Morgan fingerprint density at radius 2 is 1.85 bits per heavy atom. The van der Waals surface area contributed by atoms with Gasteiger partial charge in [-0.1, -0.05) is 44.2 Å². The van der Waals surface area contributed by atoms with Crippen LogP contribution in [0.3, 0.4) is 0 Å². The monoisotopic (exact) mass is 279 g/mol. The molecule has 1 aromatic rings. The van der Waals surface area contributed by atoms with Crippen molar-refractivity contribution in [3.8, 4) is 0 Å². The topological polar surface area (TPSA) is 75.6 Å². The lowest BCUT2D eigenvalue weighted by Crippen LogP contribution is -2.42. The molecule has 2 atom stereocenters. The van der Waals surface area contributed by atoms with Crippen molar-refractivity contribution < 1.29 is 19.4 Å². The molecule has 1 amide bonds. The number of amides is 1. The molecule has 0 saturated heterocycles. The fraction of sp³-hybridized carbons (Fsp3) is 0.467. The number of benzene rings is 1. The Kier molecular flexibility index (Phi) is 6.18. The fourth-order valence-electron chi connectivity index (χ4n) is 1.92. The van der Waals surface area contributed by atoms with E-state index in [-0.39, 0.29) is 18.2 Å². The summed E-state index contributed by atoms with van der Waals surface area (Å²) < 4.78 is 5.22. The highest BCUT2D eigenvalue weighted by Gasteiger charge is 2.25. The van der Waals surface area contributed by atoms with Crippen LogP contribution in [0.5, 0.6) is 0 Å². The van der Waals surface area contributed by atoms with E-state index in [9.17, 15) is 9.59 Å². The van der Waals surface area contributed by atoms with E-state index in [4.69, 9.17) is 9.84 Å². The van der Waals surface area contributed by atoms with Gasteiger partial charge in [-0.2, -0.15) is 0 Å². The number of hydrogen-bond donors (Lipinski definition) is 2. The van der Waals surface area contributed by atoms with Gasteiger partial charge in [0.05, 0.1) is 6.42 Å². The molecule has 2 unspecified atom stereocenters. The summed E-state index contributed by atoms with van der Waals surface area (Å²) in [5.41, 5.74) is 0.741. The van der Waals surface area contributed by atoms with Crippen LogP contribution < -0.4 is 5.32 Å². The molecule has 1 aromatic carbocycles. The summed E-state index contributed by atoms with van der Waals surface area (Å²) in [5, 5.41) is 11.6. The maximum absolute atomic E-state index is 12.2. The smallest absolute Gasteiger partial charge is 0.305 e. The van der Waals surface area contributed by atoms with E-state index < -0.39 is 18.1 Å². The normalized spacial score (nSPS) is 13.8. The Bertz CT molecular complexity index is 444. The first-order chi connectivity index (χ1) is 9.45. The van der Waals surface area contributed by atoms with E-state index in [0.717, 1.165) is 5.56 Å². The van der Waals surface area contributed by atoms with E-state index in [1.165, 1.54) is 7.11 Å².